The molecule has 0 aliphatic rings. The van der Waals surface area contributed by atoms with Crippen LogP contribution in [0.1, 0.15) is 15.9 Å². The van der Waals surface area contributed by atoms with E-state index >= 15 is 0 Å². The molecule has 1 N–H and O–H groups in total. The Morgan fingerprint density at radius 2 is 1.69 bits per heavy atom. The first-order valence-electron chi connectivity index (χ1n) is 8.86. The number of benzene rings is 3. The molecule has 0 spiro atoms. The van der Waals surface area contributed by atoms with Crippen molar-refractivity contribution < 1.29 is 4.79 Å². The maximum atomic E-state index is 13.2. The fraction of sp³-hybridized carbons (Fsp3) is 0.0435. The monoisotopic (exact) mass is 440 g/mol. The number of carbonyl (C=O) groups is 1. The van der Waals surface area contributed by atoms with E-state index in [4.69, 9.17) is 34.8 Å². The summed E-state index contributed by atoms with van der Waals surface area (Å²) in [6.07, 6.45) is 0. The van der Waals surface area contributed by atoms with Crippen LogP contribution in [0.25, 0.3) is 22.2 Å². The minimum absolute atomic E-state index is 0.250. The molecule has 1 heterocycles. The van der Waals surface area contributed by atoms with E-state index in [-0.39, 0.29) is 5.91 Å². The minimum atomic E-state index is -0.250. The highest BCUT2D eigenvalue weighted by Gasteiger charge is 2.16. The van der Waals surface area contributed by atoms with Crippen molar-refractivity contribution >= 4 is 57.3 Å². The third-order valence-electron chi connectivity index (χ3n) is 4.68. The zero-order chi connectivity index (χ0) is 20.5. The number of para-hydroxylation sites is 1. The van der Waals surface area contributed by atoms with Gasteiger partial charge in [0.15, 0.2) is 0 Å². The number of nitrogens with zero attached hydrogens (tertiary/aromatic N) is 1. The average molecular weight is 442 g/mol. The van der Waals surface area contributed by atoms with Crippen molar-refractivity contribution in [2.45, 2.75) is 6.92 Å². The number of anilines is 1. The first-order valence-corrected chi connectivity index (χ1v) is 9.99. The molecule has 3 nitrogen and oxygen atoms in total. The van der Waals surface area contributed by atoms with Crippen molar-refractivity contribution in [3.8, 4) is 11.3 Å². The summed E-state index contributed by atoms with van der Waals surface area (Å²) in [5.74, 6) is -0.250. The summed E-state index contributed by atoms with van der Waals surface area (Å²) in [5, 5.41) is 5.30. The summed E-state index contributed by atoms with van der Waals surface area (Å²) in [5.41, 5.74) is 3.96. The van der Waals surface area contributed by atoms with Crippen LogP contribution in [-0.4, -0.2) is 10.9 Å². The molecule has 144 valence electrons. The van der Waals surface area contributed by atoms with Crippen LogP contribution in [0.3, 0.4) is 0 Å². The number of carbonyl (C=O) groups excluding carboxylic acids is 1. The number of nitrogens with one attached hydrogen (secondary N) is 1. The molecule has 4 aromatic rings. The second-order valence-electron chi connectivity index (χ2n) is 6.56. The van der Waals surface area contributed by atoms with E-state index in [0.717, 1.165) is 10.9 Å². The Kier molecular flexibility index (Phi) is 5.46. The number of fused-ring (bicyclic) bond motifs is 1. The zero-order valence-electron chi connectivity index (χ0n) is 15.3. The highest BCUT2D eigenvalue weighted by Crippen LogP contribution is 2.32. The second-order valence-corrected chi connectivity index (χ2v) is 7.81. The summed E-state index contributed by atoms with van der Waals surface area (Å²) < 4.78 is 0. The Balaban J connectivity index is 1.84. The molecule has 0 bridgehead atoms. The van der Waals surface area contributed by atoms with Crippen LogP contribution < -0.4 is 5.32 Å². The highest BCUT2D eigenvalue weighted by molar-refractivity contribution is 6.36. The summed E-state index contributed by atoms with van der Waals surface area (Å²) in [6, 6.07) is 19.8. The summed E-state index contributed by atoms with van der Waals surface area (Å²) in [7, 11) is 0. The lowest BCUT2D eigenvalue weighted by molar-refractivity contribution is 0.102. The van der Waals surface area contributed by atoms with Crippen LogP contribution in [0.4, 0.5) is 5.69 Å². The number of hydrogen-bond donors (Lipinski definition) is 1. The molecule has 0 aliphatic heterocycles. The lowest BCUT2D eigenvalue weighted by Crippen LogP contribution is -2.14. The molecule has 6 heteroatoms. The Labute approximate surface area is 183 Å². The van der Waals surface area contributed by atoms with Gasteiger partial charge in [-0.2, -0.15) is 0 Å². The lowest BCUT2D eigenvalue weighted by atomic mass is 10.0. The topological polar surface area (TPSA) is 42.0 Å². The molecule has 0 saturated heterocycles. The molecule has 1 aromatic heterocycles. The van der Waals surface area contributed by atoms with E-state index in [0.29, 0.717) is 43.1 Å². The van der Waals surface area contributed by atoms with Gasteiger partial charge in [0, 0.05) is 26.7 Å². The molecular weight excluding hydrogens is 427 g/mol. The van der Waals surface area contributed by atoms with Crippen molar-refractivity contribution in [3.63, 3.8) is 0 Å². The van der Waals surface area contributed by atoms with Gasteiger partial charge in [0.25, 0.3) is 5.91 Å². The number of hydrogen-bond acceptors (Lipinski definition) is 2. The van der Waals surface area contributed by atoms with E-state index in [1.54, 1.807) is 36.4 Å². The number of pyridine rings is 1. The summed E-state index contributed by atoms with van der Waals surface area (Å²) in [6.45, 7) is 1.86. The Morgan fingerprint density at radius 3 is 2.48 bits per heavy atom. The third kappa shape index (κ3) is 3.95. The summed E-state index contributed by atoms with van der Waals surface area (Å²) in [4.78, 5) is 17.9. The minimum Gasteiger partial charge on any atom is -0.322 e. The maximum absolute atomic E-state index is 13.2. The van der Waals surface area contributed by atoms with E-state index in [1.807, 2.05) is 37.3 Å². The van der Waals surface area contributed by atoms with Crippen LogP contribution in [0.15, 0.2) is 66.7 Å². The summed E-state index contributed by atoms with van der Waals surface area (Å²) >= 11 is 18.6. The third-order valence-corrected chi connectivity index (χ3v) is 5.64. The number of aromatic nitrogens is 1. The molecule has 4 rings (SSSR count). The molecule has 0 radical (unpaired) electrons. The molecule has 29 heavy (non-hydrogen) atoms. The van der Waals surface area contributed by atoms with Crippen molar-refractivity contribution in [3.05, 3.63) is 92.9 Å². The normalized spacial score (nSPS) is 10.9. The van der Waals surface area contributed by atoms with Crippen LogP contribution >= 0.6 is 34.8 Å². The predicted octanol–water partition coefficient (Wildman–Crippen LogP) is 7.42. The number of halogens is 3. The first kappa shape index (κ1) is 19.7. The van der Waals surface area contributed by atoms with Gasteiger partial charge in [-0.05, 0) is 55.0 Å². The fourth-order valence-corrected chi connectivity index (χ4v) is 3.81. The number of rotatable bonds is 3. The van der Waals surface area contributed by atoms with Crippen LogP contribution in [0.2, 0.25) is 15.1 Å². The first-order chi connectivity index (χ1) is 13.9. The number of amides is 1. The van der Waals surface area contributed by atoms with Gasteiger partial charge < -0.3 is 5.32 Å². The maximum Gasteiger partial charge on any atom is 0.256 e. The van der Waals surface area contributed by atoms with Gasteiger partial charge in [-0.15, -0.1) is 0 Å². The van der Waals surface area contributed by atoms with Crippen LogP contribution in [0.5, 0.6) is 0 Å². The van der Waals surface area contributed by atoms with E-state index < -0.39 is 0 Å². The zero-order valence-corrected chi connectivity index (χ0v) is 17.6. The van der Waals surface area contributed by atoms with Gasteiger partial charge in [-0.25, -0.2) is 4.98 Å². The Hall–Kier alpha value is -2.59. The van der Waals surface area contributed by atoms with Gasteiger partial charge in [-0.3, -0.25) is 4.79 Å². The smallest absolute Gasteiger partial charge is 0.256 e. The van der Waals surface area contributed by atoms with Crippen LogP contribution in [-0.2, 0) is 0 Å². The van der Waals surface area contributed by atoms with E-state index in [9.17, 15) is 4.79 Å². The molecule has 1 amide bonds. The van der Waals surface area contributed by atoms with Crippen molar-refractivity contribution in [2.75, 3.05) is 5.32 Å². The quantitative estimate of drug-likeness (QED) is 0.359. The standard InChI is InChI=1S/C23H15Cl3N2O/c1-13-18(25)6-4-8-20(13)28-23(29)17-12-22(16-10-9-14(24)11-19(16)26)27-21-7-3-2-5-15(17)21/h2-12H,1H3,(H,28,29). The highest BCUT2D eigenvalue weighted by atomic mass is 35.5. The largest absolute Gasteiger partial charge is 0.322 e. The molecule has 0 atom stereocenters. The average Bonchev–Trinajstić information content (AvgIpc) is 2.70. The predicted molar refractivity (Wildman–Crippen MR) is 121 cm³/mol. The van der Waals surface area contributed by atoms with Crippen LogP contribution in [0, 0.1) is 6.92 Å². The Bertz CT molecular complexity index is 1250. The molecule has 3 aromatic carbocycles. The van der Waals surface area contributed by atoms with Gasteiger partial charge >= 0.3 is 0 Å². The van der Waals surface area contributed by atoms with Crippen molar-refractivity contribution in [1.29, 1.82) is 0 Å². The Morgan fingerprint density at radius 1 is 0.897 bits per heavy atom. The molecular formula is C23H15Cl3N2O. The molecule has 0 aliphatic carbocycles. The van der Waals surface area contributed by atoms with E-state index in [1.165, 1.54) is 0 Å². The van der Waals surface area contributed by atoms with Gasteiger partial charge in [0.2, 0.25) is 0 Å². The van der Waals surface area contributed by atoms with Gasteiger partial charge in [0.1, 0.15) is 0 Å². The van der Waals surface area contributed by atoms with Gasteiger partial charge in [0.05, 0.1) is 21.8 Å². The SMILES string of the molecule is Cc1c(Cl)cccc1NC(=O)c1cc(-c2ccc(Cl)cc2Cl)nc2ccccc12. The molecule has 0 fully saturated rings. The molecule has 0 saturated carbocycles. The lowest BCUT2D eigenvalue weighted by Gasteiger charge is -2.13. The van der Waals surface area contributed by atoms with Crippen molar-refractivity contribution in [1.82, 2.24) is 4.98 Å². The fourth-order valence-electron chi connectivity index (χ4n) is 3.13. The van der Waals surface area contributed by atoms with E-state index in [2.05, 4.69) is 10.3 Å². The van der Waals surface area contributed by atoms with Gasteiger partial charge in [-0.1, -0.05) is 59.1 Å². The second kappa shape index (κ2) is 8.03. The molecule has 0 unspecified atom stereocenters. The van der Waals surface area contributed by atoms with Crippen molar-refractivity contribution in [2.24, 2.45) is 0 Å².